The van der Waals surface area contributed by atoms with Gasteiger partial charge in [-0.05, 0) is 31.4 Å². The van der Waals surface area contributed by atoms with Crippen molar-refractivity contribution >= 4 is 17.5 Å². The number of halogens is 4. The number of benzene rings is 1. The molecule has 1 aromatic carbocycles. The first-order valence-electron chi connectivity index (χ1n) is 6.06. The molecule has 1 amide bonds. The maximum atomic E-state index is 13.0. The molecule has 1 aliphatic rings. The lowest BCUT2D eigenvalue weighted by molar-refractivity contribution is -0.137. The van der Waals surface area contributed by atoms with Gasteiger partial charge < -0.3 is 4.90 Å². The fourth-order valence-corrected chi connectivity index (χ4v) is 2.54. The average Bonchev–Trinajstić information content (AvgIpc) is 2.37. The Balaban J connectivity index is 2.39. The fraction of sp³-hybridized carbons (Fsp3) is 0.462. The minimum Gasteiger partial charge on any atom is -0.339 e. The number of nitrogens with zero attached hydrogens (tertiary/aromatic N) is 1. The van der Waals surface area contributed by atoms with Crippen molar-refractivity contribution in [3.8, 4) is 0 Å². The van der Waals surface area contributed by atoms with Gasteiger partial charge in [-0.25, -0.2) is 0 Å². The first-order valence-corrected chi connectivity index (χ1v) is 6.44. The van der Waals surface area contributed by atoms with Crippen LogP contribution in [-0.2, 0) is 6.18 Å². The number of carbonyl (C=O) groups excluding carboxylic acids is 1. The predicted octanol–water partition coefficient (Wildman–Crippen LogP) is 3.98. The van der Waals surface area contributed by atoms with Crippen LogP contribution in [-0.4, -0.2) is 23.9 Å². The number of rotatable bonds is 1. The van der Waals surface area contributed by atoms with Crippen molar-refractivity contribution in [2.75, 3.05) is 13.1 Å². The Morgan fingerprint density at radius 3 is 2.37 bits per heavy atom. The summed E-state index contributed by atoms with van der Waals surface area (Å²) in [6, 6.07) is 3.71. The molecule has 6 heteroatoms. The lowest BCUT2D eigenvalue weighted by Crippen LogP contribution is -2.36. The van der Waals surface area contributed by atoms with Crippen LogP contribution in [0.3, 0.4) is 0 Å². The zero-order valence-electron chi connectivity index (χ0n) is 10.1. The summed E-state index contributed by atoms with van der Waals surface area (Å²) in [5.41, 5.74) is -1.39. The molecule has 1 saturated heterocycles. The molecule has 0 aromatic heterocycles. The quantitative estimate of drug-likeness (QED) is 0.766. The molecule has 1 aromatic rings. The first-order chi connectivity index (χ1) is 8.91. The molecule has 2 nitrogen and oxygen atoms in total. The van der Waals surface area contributed by atoms with Gasteiger partial charge >= 0.3 is 6.18 Å². The molecule has 0 aliphatic carbocycles. The molecule has 0 spiro atoms. The largest absolute Gasteiger partial charge is 0.418 e. The second-order valence-electron chi connectivity index (χ2n) is 4.51. The lowest BCUT2D eigenvalue weighted by Gasteiger charge is -2.28. The number of piperidine rings is 1. The van der Waals surface area contributed by atoms with E-state index < -0.39 is 22.7 Å². The van der Waals surface area contributed by atoms with Crippen molar-refractivity contribution in [2.45, 2.75) is 25.4 Å². The lowest BCUT2D eigenvalue weighted by atomic mass is 10.0. The molecule has 19 heavy (non-hydrogen) atoms. The Labute approximate surface area is 114 Å². The van der Waals surface area contributed by atoms with Gasteiger partial charge in [0.2, 0.25) is 0 Å². The molecule has 104 valence electrons. The second-order valence-corrected chi connectivity index (χ2v) is 4.92. The summed E-state index contributed by atoms with van der Waals surface area (Å²) in [6.45, 7) is 1.01. The highest BCUT2D eigenvalue weighted by atomic mass is 35.5. The number of carbonyl (C=O) groups is 1. The van der Waals surface area contributed by atoms with Crippen LogP contribution in [0.25, 0.3) is 0 Å². The van der Waals surface area contributed by atoms with Crippen molar-refractivity contribution in [1.29, 1.82) is 0 Å². The zero-order chi connectivity index (χ0) is 14.0. The highest BCUT2D eigenvalue weighted by molar-refractivity contribution is 6.32. The van der Waals surface area contributed by atoms with Crippen LogP contribution in [0.15, 0.2) is 18.2 Å². The Morgan fingerprint density at radius 1 is 1.16 bits per heavy atom. The standard InChI is InChI=1S/C13H13ClF3NO/c14-10-6-4-5-9(11(10)13(15,16)17)12(19)18-7-2-1-3-8-18/h4-6H,1-3,7-8H2. The van der Waals surface area contributed by atoms with E-state index in [1.807, 2.05) is 0 Å². The molecule has 1 fully saturated rings. The Morgan fingerprint density at radius 2 is 1.79 bits per heavy atom. The monoisotopic (exact) mass is 291 g/mol. The average molecular weight is 292 g/mol. The van der Waals surface area contributed by atoms with Crippen molar-refractivity contribution < 1.29 is 18.0 Å². The van der Waals surface area contributed by atoms with Gasteiger partial charge in [-0.2, -0.15) is 13.2 Å². The Hall–Kier alpha value is -1.23. The molecule has 0 bridgehead atoms. The molecule has 1 heterocycles. The van der Waals surface area contributed by atoms with E-state index in [2.05, 4.69) is 0 Å². The maximum Gasteiger partial charge on any atom is 0.418 e. The van der Waals surface area contributed by atoms with Crippen LogP contribution >= 0.6 is 11.6 Å². The molecule has 0 N–H and O–H groups in total. The SMILES string of the molecule is O=C(c1cccc(Cl)c1C(F)(F)F)N1CCCCC1. The van der Waals surface area contributed by atoms with E-state index in [4.69, 9.17) is 11.6 Å². The highest BCUT2D eigenvalue weighted by Crippen LogP contribution is 2.37. The van der Waals surface area contributed by atoms with E-state index in [-0.39, 0.29) is 5.56 Å². The van der Waals surface area contributed by atoms with Gasteiger partial charge in [0, 0.05) is 13.1 Å². The summed E-state index contributed by atoms with van der Waals surface area (Å²) < 4.78 is 38.9. The van der Waals surface area contributed by atoms with E-state index in [1.165, 1.54) is 17.0 Å². The number of hydrogen-bond acceptors (Lipinski definition) is 1. The summed E-state index contributed by atoms with van der Waals surface area (Å²) >= 11 is 5.61. The van der Waals surface area contributed by atoms with Gasteiger partial charge in [-0.3, -0.25) is 4.79 Å². The third-order valence-corrected chi connectivity index (χ3v) is 3.49. The van der Waals surface area contributed by atoms with E-state index in [0.29, 0.717) is 13.1 Å². The first kappa shape index (κ1) is 14.2. The van der Waals surface area contributed by atoms with Gasteiger partial charge in [0.25, 0.3) is 5.91 Å². The maximum absolute atomic E-state index is 13.0. The molecule has 1 aliphatic heterocycles. The van der Waals surface area contributed by atoms with E-state index in [0.717, 1.165) is 25.3 Å². The molecular weight excluding hydrogens is 279 g/mol. The molecular formula is C13H13ClF3NO. The van der Waals surface area contributed by atoms with Crippen molar-refractivity contribution in [3.63, 3.8) is 0 Å². The minimum atomic E-state index is -4.63. The van der Waals surface area contributed by atoms with E-state index >= 15 is 0 Å². The topological polar surface area (TPSA) is 20.3 Å². The van der Waals surface area contributed by atoms with Crippen molar-refractivity contribution in [2.24, 2.45) is 0 Å². The molecule has 0 saturated carbocycles. The van der Waals surface area contributed by atoms with Crippen LogP contribution in [0.4, 0.5) is 13.2 Å². The number of hydrogen-bond donors (Lipinski definition) is 0. The fourth-order valence-electron chi connectivity index (χ4n) is 2.26. The number of alkyl halides is 3. The summed E-state index contributed by atoms with van der Waals surface area (Å²) in [5, 5.41) is -0.435. The summed E-state index contributed by atoms with van der Waals surface area (Å²) in [5.74, 6) is -0.588. The molecule has 0 unspecified atom stereocenters. The predicted molar refractivity (Wildman–Crippen MR) is 66.2 cm³/mol. The highest BCUT2D eigenvalue weighted by Gasteiger charge is 2.38. The van der Waals surface area contributed by atoms with Gasteiger partial charge in [0.15, 0.2) is 0 Å². The van der Waals surface area contributed by atoms with Crippen LogP contribution < -0.4 is 0 Å². The smallest absolute Gasteiger partial charge is 0.339 e. The van der Waals surface area contributed by atoms with E-state index in [1.54, 1.807) is 0 Å². The van der Waals surface area contributed by atoms with Gasteiger partial charge in [-0.1, -0.05) is 17.7 Å². The van der Waals surface area contributed by atoms with Crippen LogP contribution in [0.1, 0.15) is 35.2 Å². The molecule has 2 rings (SSSR count). The normalized spacial score (nSPS) is 16.5. The summed E-state index contributed by atoms with van der Waals surface area (Å²) in [4.78, 5) is 13.6. The third-order valence-electron chi connectivity index (χ3n) is 3.17. The van der Waals surface area contributed by atoms with Crippen LogP contribution in [0.5, 0.6) is 0 Å². The third kappa shape index (κ3) is 3.03. The van der Waals surface area contributed by atoms with Crippen LogP contribution in [0.2, 0.25) is 5.02 Å². The Kier molecular flexibility index (Phi) is 4.04. The molecule has 0 atom stereocenters. The second kappa shape index (κ2) is 5.41. The van der Waals surface area contributed by atoms with E-state index in [9.17, 15) is 18.0 Å². The number of amides is 1. The molecule has 0 radical (unpaired) electrons. The number of likely N-dealkylation sites (tertiary alicyclic amines) is 1. The summed E-state index contributed by atoms with van der Waals surface area (Å²) in [6.07, 6.45) is -1.97. The van der Waals surface area contributed by atoms with Gasteiger partial charge in [0.05, 0.1) is 16.1 Å². The zero-order valence-corrected chi connectivity index (χ0v) is 10.9. The van der Waals surface area contributed by atoms with Crippen molar-refractivity contribution in [1.82, 2.24) is 4.90 Å². The minimum absolute atomic E-state index is 0.359. The van der Waals surface area contributed by atoms with Crippen molar-refractivity contribution in [3.05, 3.63) is 34.3 Å². The Bertz CT molecular complexity index is 481. The summed E-state index contributed by atoms with van der Waals surface area (Å²) in [7, 11) is 0. The van der Waals surface area contributed by atoms with Gasteiger partial charge in [-0.15, -0.1) is 0 Å². The van der Waals surface area contributed by atoms with Gasteiger partial charge in [0.1, 0.15) is 0 Å². The van der Waals surface area contributed by atoms with Crippen LogP contribution in [0, 0.1) is 0 Å².